The average molecular weight is 216 g/mol. The molecule has 0 saturated heterocycles. The third-order valence-electron chi connectivity index (χ3n) is 2.62. The first-order chi connectivity index (χ1) is 7.48. The molecule has 84 valence electrons. The second-order valence-electron chi connectivity index (χ2n) is 4.92. The predicted octanol–water partition coefficient (Wildman–Crippen LogP) is 2.88. The van der Waals surface area contributed by atoms with Crippen LogP contribution in [0.5, 0.6) is 5.75 Å². The predicted molar refractivity (Wildman–Crippen MR) is 63.9 cm³/mol. The van der Waals surface area contributed by atoms with Crippen LogP contribution in [0.1, 0.15) is 26.3 Å². The molecule has 0 bridgehead atoms. The zero-order chi connectivity index (χ0) is 11.8. The van der Waals surface area contributed by atoms with Crippen molar-refractivity contribution in [2.75, 3.05) is 0 Å². The van der Waals surface area contributed by atoms with Crippen LogP contribution in [0.2, 0.25) is 0 Å². The van der Waals surface area contributed by atoms with E-state index in [1.807, 2.05) is 24.4 Å². The summed E-state index contributed by atoms with van der Waals surface area (Å²) in [6.45, 7) is 6.37. The Morgan fingerprint density at radius 3 is 2.50 bits per heavy atom. The largest absolute Gasteiger partial charge is 0.506 e. The summed E-state index contributed by atoms with van der Waals surface area (Å²) in [5.74, 6) is 0.283. The summed E-state index contributed by atoms with van der Waals surface area (Å²) in [7, 11) is 0. The van der Waals surface area contributed by atoms with Crippen molar-refractivity contribution < 1.29 is 5.11 Å². The summed E-state index contributed by atoms with van der Waals surface area (Å²) in [6.07, 6.45) is 5.18. The van der Waals surface area contributed by atoms with Gasteiger partial charge >= 0.3 is 0 Å². The maximum Gasteiger partial charge on any atom is 0.139 e. The lowest BCUT2D eigenvalue weighted by Crippen LogP contribution is -2.10. The zero-order valence-corrected chi connectivity index (χ0v) is 9.81. The molecule has 16 heavy (non-hydrogen) atoms. The zero-order valence-electron chi connectivity index (χ0n) is 9.81. The number of phenolic OH excluding ortho intramolecular Hbond substituents is 1. The van der Waals surface area contributed by atoms with Gasteiger partial charge in [0.05, 0.1) is 12.0 Å². The van der Waals surface area contributed by atoms with E-state index >= 15 is 0 Å². The van der Waals surface area contributed by atoms with E-state index in [0.29, 0.717) is 0 Å². The summed E-state index contributed by atoms with van der Waals surface area (Å²) in [5.41, 5.74) is 1.92. The first-order valence-electron chi connectivity index (χ1n) is 5.30. The van der Waals surface area contributed by atoms with Crippen molar-refractivity contribution >= 4 is 0 Å². The number of aromatic nitrogens is 2. The molecule has 0 saturated carbocycles. The van der Waals surface area contributed by atoms with Crippen molar-refractivity contribution in [3.63, 3.8) is 0 Å². The van der Waals surface area contributed by atoms with Gasteiger partial charge in [-0.3, -0.25) is 0 Å². The van der Waals surface area contributed by atoms with Gasteiger partial charge in [-0.05, 0) is 23.1 Å². The lowest BCUT2D eigenvalue weighted by Gasteiger charge is -2.20. The summed E-state index contributed by atoms with van der Waals surface area (Å²) < 4.78 is 1.79. The van der Waals surface area contributed by atoms with Crippen LogP contribution in [0.15, 0.2) is 36.9 Å². The number of aromatic hydroxyl groups is 1. The number of rotatable bonds is 1. The quantitative estimate of drug-likeness (QED) is 0.796. The van der Waals surface area contributed by atoms with Crippen molar-refractivity contribution in [1.29, 1.82) is 0 Å². The molecule has 0 fully saturated rings. The van der Waals surface area contributed by atoms with E-state index in [4.69, 9.17) is 0 Å². The molecule has 2 rings (SSSR count). The molecular weight excluding hydrogens is 200 g/mol. The summed E-state index contributed by atoms with van der Waals surface area (Å²) in [4.78, 5) is 3.96. The molecule has 0 atom stereocenters. The molecule has 3 heteroatoms. The summed E-state index contributed by atoms with van der Waals surface area (Å²) >= 11 is 0. The van der Waals surface area contributed by atoms with Gasteiger partial charge < -0.3 is 9.67 Å². The highest BCUT2D eigenvalue weighted by atomic mass is 16.3. The van der Waals surface area contributed by atoms with Crippen LogP contribution in [0, 0.1) is 0 Å². The van der Waals surface area contributed by atoms with Crippen LogP contribution in [0.4, 0.5) is 0 Å². The highest BCUT2D eigenvalue weighted by Crippen LogP contribution is 2.29. The van der Waals surface area contributed by atoms with E-state index in [9.17, 15) is 5.11 Å². The molecule has 0 radical (unpaired) electrons. The fourth-order valence-corrected chi connectivity index (χ4v) is 1.61. The van der Waals surface area contributed by atoms with Gasteiger partial charge in [0.15, 0.2) is 0 Å². The fraction of sp³-hybridized carbons (Fsp3) is 0.308. The number of benzene rings is 1. The Balaban J connectivity index is 2.46. The van der Waals surface area contributed by atoms with Crippen molar-refractivity contribution in [1.82, 2.24) is 9.55 Å². The molecule has 0 spiro atoms. The Hall–Kier alpha value is -1.77. The fourth-order valence-electron chi connectivity index (χ4n) is 1.61. The molecule has 0 aliphatic heterocycles. The van der Waals surface area contributed by atoms with Gasteiger partial charge in [0.25, 0.3) is 0 Å². The van der Waals surface area contributed by atoms with Crippen LogP contribution in [-0.2, 0) is 5.41 Å². The van der Waals surface area contributed by atoms with Gasteiger partial charge in [0.1, 0.15) is 5.75 Å². The third kappa shape index (κ3) is 1.94. The van der Waals surface area contributed by atoms with E-state index in [2.05, 4.69) is 25.8 Å². The van der Waals surface area contributed by atoms with Crippen LogP contribution < -0.4 is 0 Å². The second kappa shape index (κ2) is 3.67. The van der Waals surface area contributed by atoms with Crippen molar-refractivity contribution in [2.45, 2.75) is 26.2 Å². The maximum absolute atomic E-state index is 9.98. The molecule has 2 aromatic rings. The van der Waals surface area contributed by atoms with Crippen LogP contribution >= 0.6 is 0 Å². The lowest BCUT2D eigenvalue weighted by atomic mass is 9.87. The topological polar surface area (TPSA) is 38.0 Å². The summed E-state index contributed by atoms with van der Waals surface area (Å²) in [6, 6.07) is 5.77. The van der Waals surface area contributed by atoms with Crippen LogP contribution in [0.3, 0.4) is 0 Å². The van der Waals surface area contributed by atoms with Gasteiger partial charge in [0.2, 0.25) is 0 Å². The van der Waals surface area contributed by atoms with Gasteiger partial charge in [-0.1, -0.05) is 26.8 Å². The Bertz CT molecular complexity index is 481. The molecule has 0 aliphatic rings. The van der Waals surface area contributed by atoms with Gasteiger partial charge in [-0.25, -0.2) is 4.98 Å². The SMILES string of the molecule is CC(C)(C)c1ccc(-n2ccnc2)c(O)c1. The van der Waals surface area contributed by atoms with Crippen LogP contribution in [-0.4, -0.2) is 14.7 Å². The molecule has 0 unspecified atom stereocenters. The number of hydrogen-bond donors (Lipinski definition) is 1. The monoisotopic (exact) mass is 216 g/mol. The molecule has 1 aromatic carbocycles. The minimum Gasteiger partial charge on any atom is -0.506 e. The highest BCUT2D eigenvalue weighted by Gasteiger charge is 2.15. The molecule has 3 nitrogen and oxygen atoms in total. The Morgan fingerprint density at radius 2 is 2.00 bits per heavy atom. The number of hydrogen-bond acceptors (Lipinski definition) is 2. The molecular formula is C13H16N2O. The smallest absolute Gasteiger partial charge is 0.139 e. The van der Waals surface area contributed by atoms with Gasteiger partial charge in [-0.15, -0.1) is 0 Å². The summed E-state index contributed by atoms with van der Waals surface area (Å²) in [5, 5.41) is 9.98. The lowest BCUT2D eigenvalue weighted by molar-refractivity contribution is 0.468. The van der Waals surface area contributed by atoms with Crippen LogP contribution in [0.25, 0.3) is 5.69 Å². The average Bonchev–Trinajstić information content (AvgIpc) is 2.69. The number of phenols is 1. The molecule has 1 aromatic heterocycles. The van der Waals surface area contributed by atoms with E-state index in [1.165, 1.54) is 0 Å². The van der Waals surface area contributed by atoms with Gasteiger partial charge in [-0.2, -0.15) is 0 Å². The molecule has 0 aliphatic carbocycles. The number of imidazole rings is 1. The minimum absolute atomic E-state index is 0.0466. The van der Waals surface area contributed by atoms with Crippen molar-refractivity contribution in [3.8, 4) is 11.4 Å². The first-order valence-corrected chi connectivity index (χ1v) is 5.30. The molecule has 1 heterocycles. The Kier molecular flexibility index (Phi) is 2.46. The van der Waals surface area contributed by atoms with E-state index in [-0.39, 0.29) is 11.2 Å². The Morgan fingerprint density at radius 1 is 1.25 bits per heavy atom. The van der Waals surface area contributed by atoms with E-state index in [1.54, 1.807) is 17.1 Å². The van der Waals surface area contributed by atoms with Gasteiger partial charge in [0, 0.05) is 12.4 Å². The van der Waals surface area contributed by atoms with Crippen molar-refractivity contribution in [3.05, 3.63) is 42.5 Å². The number of nitrogens with zero attached hydrogens (tertiary/aromatic N) is 2. The molecule has 1 N–H and O–H groups in total. The minimum atomic E-state index is 0.0466. The van der Waals surface area contributed by atoms with Crippen molar-refractivity contribution in [2.24, 2.45) is 0 Å². The third-order valence-corrected chi connectivity index (χ3v) is 2.62. The normalized spacial score (nSPS) is 11.7. The maximum atomic E-state index is 9.98. The van der Waals surface area contributed by atoms with E-state index in [0.717, 1.165) is 11.3 Å². The molecule has 0 amide bonds. The highest BCUT2D eigenvalue weighted by molar-refractivity contribution is 5.49. The van der Waals surface area contributed by atoms with E-state index < -0.39 is 0 Å². The standard InChI is InChI=1S/C13H16N2O/c1-13(2,3)10-4-5-11(12(16)8-10)15-7-6-14-9-15/h4-9,16H,1-3H3. The first kappa shape index (κ1) is 10.7. The Labute approximate surface area is 95.4 Å². The second-order valence-corrected chi connectivity index (χ2v) is 4.92.